The van der Waals surface area contributed by atoms with E-state index in [0.29, 0.717) is 12.2 Å². The predicted molar refractivity (Wildman–Crippen MR) is 81.0 cm³/mol. The van der Waals surface area contributed by atoms with E-state index in [4.69, 9.17) is 0 Å². The fraction of sp³-hybridized carbons (Fsp3) is 0.357. The Morgan fingerprint density at radius 2 is 2.25 bits per heavy atom. The Morgan fingerprint density at radius 1 is 1.40 bits per heavy atom. The van der Waals surface area contributed by atoms with Crippen LogP contribution in [0, 0.1) is 6.92 Å². The first-order valence-electron chi connectivity index (χ1n) is 6.58. The van der Waals surface area contributed by atoms with E-state index in [1.807, 2.05) is 13.0 Å². The van der Waals surface area contributed by atoms with E-state index in [2.05, 4.69) is 27.5 Å². The number of hydrogen-bond acceptors (Lipinski definition) is 5. The molecular formula is C14H18N4OS. The van der Waals surface area contributed by atoms with Crippen molar-refractivity contribution < 1.29 is 4.79 Å². The van der Waals surface area contributed by atoms with Gasteiger partial charge in [0.1, 0.15) is 5.69 Å². The fourth-order valence-corrected chi connectivity index (χ4v) is 2.41. The average Bonchev–Trinajstić information content (AvgIpc) is 2.88. The lowest BCUT2D eigenvalue weighted by Gasteiger charge is -2.07. The highest BCUT2D eigenvalue weighted by Crippen LogP contribution is 2.12. The number of nitrogens with one attached hydrogen (secondary N) is 2. The SMILES string of the molecule is CCCNc1ccnc(C(=O)NCc2cnc(C)s2)c1. The second-order valence-electron chi connectivity index (χ2n) is 4.38. The van der Waals surface area contributed by atoms with Gasteiger partial charge in [-0.25, -0.2) is 4.98 Å². The van der Waals surface area contributed by atoms with Crippen LogP contribution in [0.1, 0.15) is 33.7 Å². The second kappa shape index (κ2) is 7.00. The Morgan fingerprint density at radius 3 is 2.95 bits per heavy atom. The van der Waals surface area contributed by atoms with Crippen LogP contribution in [0.25, 0.3) is 0 Å². The number of anilines is 1. The van der Waals surface area contributed by atoms with Crippen molar-refractivity contribution in [3.63, 3.8) is 0 Å². The summed E-state index contributed by atoms with van der Waals surface area (Å²) in [5, 5.41) is 7.09. The summed E-state index contributed by atoms with van der Waals surface area (Å²) in [6.45, 7) is 5.41. The maximum Gasteiger partial charge on any atom is 0.270 e. The minimum Gasteiger partial charge on any atom is -0.385 e. The van der Waals surface area contributed by atoms with Gasteiger partial charge in [-0.1, -0.05) is 6.92 Å². The van der Waals surface area contributed by atoms with Crippen molar-refractivity contribution in [2.24, 2.45) is 0 Å². The molecule has 2 heterocycles. The van der Waals surface area contributed by atoms with E-state index in [-0.39, 0.29) is 5.91 Å². The van der Waals surface area contributed by atoms with Crippen LogP contribution in [0.5, 0.6) is 0 Å². The van der Waals surface area contributed by atoms with Gasteiger partial charge in [-0.15, -0.1) is 11.3 Å². The molecule has 0 saturated heterocycles. The standard InChI is InChI=1S/C14H18N4OS/c1-3-5-15-11-4-6-16-13(7-11)14(19)18-9-12-8-17-10(2)20-12/h4,6-8H,3,5,9H2,1-2H3,(H,15,16)(H,18,19). The van der Waals surface area contributed by atoms with Gasteiger partial charge in [0.15, 0.2) is 0 Å². The normalized spacial score (nSPS) is 10.3. The zero-order valence-corrected chi connectivity index (χ0v) is 12.5. The van der Waals surface area contributed by atoms with Gasteiger partial charge in [-0.05, 0) is 25.5 Å². The van der Waals surface area contributed by atoms with Crippen LogP contribution < -0.4 is 10.6 Å². The van der Waals surface area contributed by atoms with Crippen molar-refractivity contribution in [1.82, 2.24) is 15.3 Å². The minimum atomic E-state index is -0.170. The van der Waals surface area contributed by atoms with Crippen LogP contribution in [0.15, 0.2) is 24.5 Å². The van der Waals surface area contributed by atoms with Gasteiger partial charge in [0.2, 0.25) is 0 Å². The van der Waals surface area contributed by atoms with Crippen molar-refractivity contribution in [3.05, 3.63) is 40.1 Å². The number of carbonyl (C=O) groups excluding carboxylic acids is 1. The summed E-state index contributed by atoms with van der Waals surface area (Å²) in [5.41, 5.74) is 1.34. The molecule has 0 atom stereocenters. The highest BCUT2D eigenvalue weighted by molar-refractivity contribution is 7.11. The number of pyridine rings is 1. The molecule has 20 heavy (non-hydrogen) atoms. The molecule has 0 fully saturated rings. The average molecular weight is 290 g/mol. The van der Waals surface area contributed by atoms with Crippen LogP contribution in [0.4, 0.5) is 5.69 Å². The molecule has 0 aliphatic rings. The van der Waals surface area contributed by atoms with E-state index in [1.165, 1.54) is 0 Å². The number of hydrogen-bond donors (Lipinski definition) is 2. The number of nitrogens with zero attached hydrogens (tertiary/aromatic N) is 2. The fourth-order valence-electron chi connectivity index (χ4n) is 1.68. The molecule has 0 aromatic carbocycles. The van der Waals surface area contributed by atoms with Crippen molar-refractivity contribution in [2.45, 2.75) is 26.8 Å². The van der Waals surface area contributed by atoms with Gasteiger partial charge in [0, 0.05) is 29.5 Å². The third-order valence-electron chi connectivity index (χ3n) is 2.66. The maximum atomic E-state index is 12.0. The molecule has 2 aromatic heterocycles. The number of carbonyl (C=O) groups is 1. The lowest BCUT2D eigenvalue weighted by atomic mass is 10.3. The van der Waals surface area contributed by atoms with E-state index >= 15 is 0 Å². The van der Waals surface area contributed by atoms with Crippen LogP contribution in [-0.2, 0) is 6.54 Å². The summed E-state index contributed by atoms with van der Waals surface area (Å²) in [7, 11) is 0. The monoisotopic (exact) mass is 290 g/mol. The first-order chi connectivity index (χ1) is 9.69. The first kappa shape index (κ1) is 14.5. The van der Waals surface area contributed by atoms with E-state index in [0.717, 1.165) is 28.5 Å². The summed E-state index contributed by atoms with van der Waals surface area (Å²) < 4.78 is 0. The van der Waals surface area contributed by atoms with Crippen LogP contribution in [0.2, 0.25) is 0 Å². The largest absolute Gasteiger partial charge is 0.385 e. The Bertz CT molecular complexity index is 582. The Labute approximate surface area is 122 Å². The van der Waals surface area contributed by atoms with Gasteiger partial charge in [0.05, 0.1) is 11.6 Å². The lowest BCUT2D eigenvalue weighted by molar-refractivity contribution is 0.0946. The smallest absolute Gasteiger partial charge is 0.270 e. The zero-order valence-electron chi connectivity index (χ0n) is 11.6. The highest BCUT2D eigenvalue weighted by atomic mass is 32.1. The highest BCUT2D eigenvalue weighted by Gasteiger charge is 2.08. The van der Waals surface area contributed by atoms with E-state index in [9.17, 15) is 4.79 Å². The molecule has 0 aliphatic heterocycles. The molecule has 0 saturated carbocycles. The molecule has 0 radical (unpaired) electrons. The summed E-state index contributed by atoms with van der Waals surface area (Å²) >= 11 is 1.58. The van der Waals surface area contributed by atoms with Crippen LogP contribution in [0.3, 0.4) is 0 Å². The molecule has 106 valence electrons. The molecule has 6 heteroatoms. The van der Waals surface area contributed by atoms with Gasteiger partial charge in [0.25, 0.3) is 5.91 Å². The third kappa shape index (κ3) is 4.03. The summed E-state index contributed by atoms with van der Waals surface area (Å²) in [5.74, 6) is -0.170. The molecule has 0 unspecified atom stereocenters. The maximum absolute atomic E-state index is 12.0. The molecule has 2 aromatic rings. The molecular weight excluding hydrogens is 272 g/mol. The van der Waals surface area contributed by atoms with Crippen molar-refractivity contribution in [1.29, 1.82) is 0 Å². The molecule has 2 N–H and O–H groups in total. The van der Waals surface area contributed by atoms with E-state index in [1.54, 1.807) is 29.8 Å². The van der Waals surface area contributed by atoms with Crippen LogP contribution >= 0.6 is 11.3 Å². The van der Waals surface area contributed by atoms with Crippen LogP contribution in [-0.4, -0.2) is 22.4 Å². The topological polar surface area (TPSA) is 66.9 Å². The molecule has 2 rings (SSSR count). The molecule has 0 spiro atoms. The van der Waals surface area contributed by atoms with Gasteiger partial charge < -0.3 is 10.6 Å². The quantitative estimate of drug-likeness (QED) is 0.858. The summed E-state index contributed by atoms with van der Waals surface area (Å²) in [6, 6.07) is 3.63. The third-order valence-corrected chi connectivity index (χ3v) is 3.58. The summed E-state index contributed by atoms with van der Waals surface area (Å²) in [4.78, 5) is 21.3. The molecule has 0 bridgehead atoms. The first-order valence-corrected chi connectivity index (χ1v) is 7.40. The second-order valence-corrected chi connectivity index (χ2v) is 5.70. The number of amides is 1. The van der Waals surface area contributed by atoms with Crippen molar-refractivity contribution in [3.8, 4) is 0 Å². The van der Waals surface area contributed by atoms with Gasteiger partial charge in [-0.2, -0.15) is 0 Å². The number of aryl methyl sites for hydroxylation is 1. The van der Waals surface area contributed by atoms with Gasteiger partial charge >= 0.3 is 0 Å². The van der Waals surface area contributed by atoms with Gasteiger partial charge in [-0.3, -0.25) is 9.78 Å². The number of thiazole rings is 1. The van der Waals surface area contributed by atoms with Crippen molar-refractivity contribution in [2.75, 3.05) is 11.9 Å². The Hall–Kier alpha value is -1.95. The Kier molecular flexibility index (Phi) is 5.06. The molecule has 0 aliphatic carbocycles. The molecule has 1 amide bonds. The lowest BCUT2D eigenvalue weighted by Crippen LogP contribution is -2.23. The Balaban J connectivity index is 1.94. The number of aromatic nitrogens is 2. The molecule has 5 nitrogen and oxygen atoms in total. The van der Waals surface area contributed by atoms with E-state index < -0.39 is 0 Å². The predicted octanol–water partition coefficient (Wildman–Crippen LogP) is 2.60. The van der Waals surface area contributed by atoms with Crippen molar-refractivity contribution >= 4 is 22.9 Å². The number of rotatable bonds is 6. The summed E-state index contributed by atoms with van der Waals surface area (Å²) in [6.07, 6.45) is 4.46. The zero-order chi connectivity index (χ0) is 14.4. The minimum absolute atomic E-state index is 0.170.